The molecule has 2 aromatic rings. The Balaban J connectivity index is 0.00000121. The minimum Gasteiger partial charge on any atom is -0.497 e. The number of rotatable bonds is 4. The van der Waals surface area contributed by atoms with E-state index in [1.165, 1.54) is 12.8 Å². The predicted octanol–water partition coefficient (Wildman–Crippen LogP) is 3.15. The molecule has 0 spiro atoms. The fourth-order valence-corrected chi connectivity index (χ4v) is 4.71. The second kappa shape index (κ2) is 8.65. The van der Waals surface area contributed by atoms with E-state index in [1.54, 1.807) is 13.3 Å². The van der Waals surface area contributed by atoms with E-state index in [1.807, 2.05) is 24.3 Å². The van der Waals surface area contributed by atoms with Gasteiger partial charge in [0.05, 0.1) is 18.7 Å². The van der Waals surface area contributed by atoms with Crippen LogP contribution < -0.4 is 4.74 Å². The smallest absolute Gasteiger partial charge is 0.119 e. The van der Waals surface area contributed by atoms with Crippen molar-refractivity contribution < 1.29 is 15.3 Å². The maximum absolute atomic E-state index is 11.2. The number of methoxy groups -OCH3 is 1. The average Bonchev–Trinajstić information content (AvgIpc) is 2.66. The molecular weight excluding hydrogens is 396 g/mol. The van der Waals surface area contributed by atoms with E-state index >= 15 is 0 Å². The first kappa shape index (κ1) is 21.1. The number of pyridine rings is 1. The quantitative estimate of drug-likeness (QED) is 0.817. The molecule has 1 aromatic carbocycles. The minimum absolute atomic E-state index is 0. The van der Waals surface area contributed by atoms with Crippen molar-refractivity contribution in [2.45, 2.75) is 38.3 Å². The first-order valence-electron chi connectivity index (χ1n) is 9.06. The minimum atomic E-state index is -0.469. The third-order valence-corrected chi connectivity index (χ3v) is 6.13. The van der Waals surface area contributed by atoms with E-state index in [2.05, 4.69) is 16.8 Å². The number of piperidine rings is 3. The molecule has 26 heavy (non-hydrogen) atoms. The average molecular weight is 425 g/mol. The van der Waals surface area contributed by atoms with Crippen LogP contribution in [0.1, 0.15) is 37.9 Å². The molecule has 3 saturated heterocycles. The molecule has 3 fully saturated rings. The lowest BCUT2D eigenvalue weighted by Crippen LogP contribution is -2.55. The molecule has 0 saturated carbocycles. The molecular formula is C20H29BrN2O3. The molecule has 5 nitrogen and oxygen atoms in total. The van der Waals surface area contributed by atoms with Gasteiger partial charge in [-0.25, -0.2) is 0 Å². The van der Waals surface area contributed by atoms with Crippen molar-refractivity contribution in [2.24, 2.45) is 11.8 Å². The van der Waals surface area contributed by atoms with Crippen molar-refractivity contribution in [3.05, 3.63) is 36.0 Å². The number of benzene rings is 1. The Morgan fingerprint density at radius 2 is 2.15 bits per heavy atom. The molecule has 0 amide bonds. The summed E-state index contributed by atoms with van der Waals surface area (Å²) in [6, 6.07) is 8.07. The van der Waals surface area contributed by atoms with E-state index < -0.39 is 6.10 Å². The summed E-state index contributed by atoms with van der Waals surface area (Å²) in [5.41, 5.74) is 1.89. The van der Waals surface area contributed by atoms with Crippen LogP contribution in [0, 0.1) is 11.8 Å². The molecule has 6 heteroatoms. The van der Waals surface area contributed by atoms with Crippen molar-refractivity contribution in [1.82, 2.24) is 9.88 Å². The van der Waals surface area contributed by atoms with Gasteiger partial charge in [-0.15, -0.1) is 17.0 Å². The van der Waals surface area contributed by atoms with E-state index in [0.29, 0.717) is 0 Å². The van der Waals surface area contributed by atoms with Gasteiger partial charge in [0.1, 0.15) is 5.75 Å². The van der Waals surface area contributed by atoms with Gasteiger partial charge < -0.3 is 15.3 Å². The third-order valence-electron chi connectivity index (χ3n) is 6.13. The van der Waals surface area contributed by atoms with Crippen molar-refractivity contribution >= 4 is 27.9 Å². The number of hydrogen-bond acceptors (Lipinski definition) is 4. The lowest BCUT2D eigenvalue weighted by molar-refractivity contribution is -0.0562. The van der Waals surface area contributed by atoms with Crippen LogP contribution in [0.2, 0.25) is 0 Å². The van der Waals surface area contributed by atoms with Gasteiger partial charge >= 0.3 is 0 Å². The lowest BCUT2D eigenvalue weighted by Gasteiger charge is -2.51. The van der Waals surface area contributed by atoms with Gasteiger partial charge in [0.2, 0.25) is 0 Å². The van der Waals surface area contributed by atoms with Crippen LogP contribution >= 0.6 is 17.0 Å². The van der Waals surface area contributed by atoms with Crippen LogP contribution in [0.25, 0.3) is 10.9 Å². The van der Waals surface area contributed by atoms with E-state index in [-0.39, 0.29) is 28.5 Å². The Morgan fingerprint density at radius 1 is 1.35 bits per heavy atom. The highest BCUT2D eigenvalue weighted by molar-refractivity contribution is 8.93. The molecule has 3 aliphatic rings. The molecule has 5 rings (SSSR count). The molecule has 2 bridgehead atoms. The van der Waals surface area contributed by atoms with Gasteiger partial charge in [0.15, 0.2) is 0 Å². The van der Waals surface area contributed by atoms with Gasteiger partial charge in [-0.05, 0) is 61.1 Å². The largest absolute Gasteiger partial charge is 0.497 e. The van der Waals surface area contributed by atoms with Crippen molar-refractivity contribution in [2.75, 3.05) is 20.2 Å². The van der Waals surface area contributed by atoms with E-state index in [9.17, 15) is 5.11 Å². The Bertz CT molecular complexity index is 742. The number of aliphatic hydroxyl groups is 1. The van der Waals surface area contributed by atoms with Crippen LogP contribution in [0.4, 0.5) is 0 Å². The normalized spacial score (nSPS) is 28.1. The summed E-state index contributed by atoms with van der Waals surface area (Å²) in [6.45, 7) is 4.55. The molecule has 3 aliphatic heterocycles. The summed E-state index contributed by atoms with van der Waals surface area (Å²) in [6.07, 6.45) is 4.97. The molecule has 0 aliphatic carbocycles. The maximum atomic E-state index is 11.2. The molecule has 5 atom stereocenters. The molecule has 144 valence electrons. The zero-order valence-corrected chi connectivity index (χ0v) is 17.1. The second-order valence-electron chi connectivity index (χ2n) is 7.24. The standard InChI is InChI=1S/C20H26N2O2.BrH.H2O/c1-3-13-12-22-9-7-14(13)10-19(22)20(23)16-6-8-21-18-5-4-15(24-2)11-17(16)18;;/h4-6,8,11,13-14,19-20,23H,3,7,9-10,12H2,1-2H3;1H;1H2/t13-,14?,19+,20+;;/m0../s1. The highest BCUT2D eigenvalue weighted by atomic mass is 79.9. The summed E-state index contributed by atoms with van der Waals surface area (Å²) in [4.78, 5) is 6.94. The lowest BCUT2D eigenvalue weighted by atomic mass is 9.72. The van der Waals surface area contributed by atoms with Crippen molar-refractivity contribution in [3.8, 4) is 5.75 Å². The second-order valence-corrected chi connectivity index (χ2v) is 7.24. The maximum Gasteiger partial charge on any atom is 0.119 e. The van der Waals surface area contributed by atoms with E-state index in [0.717, 1.165) is 53.6 Å². The highest BCUT2D eigenvalue weighted by Crippen LogP contribution is 2.42. The summed E-state index contributed by atoms with van der Waals surface area (Å²) in [5, 5.41) is 12.2. The number of nitrogens with zero attached hydrogens (tertiary/aromatic N) is 2. The van der Waals surface area contributed by atoms with Gasteiger partial charge in [0, 0.05) is 24.2 Å². The predicted molar refractivity (Wildman–Crippen MR) is 109 cm³/mol. The van der Waals surface area contributed by atoms with Crippen LogP contribution in [-0.2, 0) is 0 Å². The fourth-order valence-electron chi connectivity index (χ4n) is 4.71. The Kier molecular flexibility index (Phi) is 7.02. The SMILES string of the molecule is Br.CC[C@H]1CN2CCC1C[C@@H]2[C@H](O)c1ccnc2ccc(OC)cc12.O. The number of aromatic nitrogens is 1. The molecule has 2 unspecified atom stereocenters. The monoisotopic (exact) mass is 424 g/mol. The zero-order valence-electron chi connectivity index (χ0n) is 15.4. The van der Waals surface area contributed by atoms with Gasteiger partial charge in [-0.2, -0.15) is 0 Å². The number of hydrogen-bond donors (Lipinski definition) is 1. The summed E-state index contributed by atoms with van der Waals surface area (Å²) >= 11 is 0. The van der Waals surface area contributed by atoms with Crippen LogP contribution in [0.5, 0.6) is 5.75 Å². The molecule has 1 aromatic heterocycles. The third kappa shape index (κ3) is 3.60. The molecule has 0 radical (unpaired) electrons. The van der Waals surface area contributed by atoms with Crippen LogP contribution in [-0.4, -0.2) is 46.7 Å². The van der Waals surface area contributed by atoms with Gasteiger partial charge in [0.25, 0.3) is 0 Å². The summed E-state index contributed by atoms with van der Waals surface area (Å²) in [7, 11) is 1.67. The summed E-state index contributed by atoms with van der Waals surface area (Å²) in [5.74, 6) is 2.37. The van der Waals surface area contributed by atoms with Crippen molar-refractivity contribution in [3.63, 3.8) is 0 Å². The van der Waals surface area contributed by atoms with Crippen LogP contribution in [0.15, 0.2) is 30.5 Å². The Morgan fingerprint density at radius 3 is 2.81 bits per heavy atom. The van der Waals surface area contributed by atoms with Crippen LogP contribution in [0.3, 0.4) is 0 Å². The fraction of sp³-hybridized carbons (Fsp3) is 0.550. The topological polar surface area (TPSA) is 77.1 Å². The summed E-state index contributed by atoms with van der Waals surface area (Å²) < 4.78 is 5.36. The number of ether oxygens (including phenoxy) is 1. The highest BCUT2D eigenvalue weighted by Gasteiger charge is 2.42. The molecule has 3 N–H and O–H groups in total. The first-order chi connectivity index (χ1) is 11.7. The molecule has 4 heterocycles. The Labute approximate surface area is 165 Å². The number of halogens is 1. The van der Waals surface area contributed by atoms with Gasteiger partial charge in [-0.1, -0.05) is 13.3 Å². The Hall–Kier alpha value is -1.21. The number of fused-ring (bicyclic) bond motifs is 4. The van der Waals surface area contributed by atoms with Crippen molar-refractivity contribution in [1.29, 1.82) is 0 Å². The number of aliphatic hydroxyl groups excluding tert-OH is 1. The van der Waals surface area contributed by atoms with E-state index in [4.69, 9.17) is 4.74 Å². The van der Waals surface area contributed by atoms with Gasteiger partial charge in [-0.3, -0.25) is 9.88 Å². The zero-order chi connectivity index (χ0) is 16.7. The first-order valence-corrected chi connectivity index (χ1v) is 9.06.